The van der Waals surface area contributed by atoms with Gasteiger partial charge in [0.05, 0.1) is 0 Å². The van der Waals surface area contributed by atoms with E-state index in [1.165, 1.54) is 96.3 Å². The summed E-state index contributed by atoms with van der Waals surface area (Å²) in [5.41, 5.74) is 0. The summed E-state index contributed by atoms with van der Waals surface area (Å²) in [6.07, 6.45) is 22.8. The Hall–Kier alpha value is 0.759. The minimum absolute atomic E-state index is 0. The van der Waals surface area contributed by atoms with Gasteiger partial charge in [0.15, 0.2) is 0 Å². The maximum atomic E-state index is 3.88. The molecule has 1 nitrogen and oxygen atoms in total. The van der Waals surface area contributed by atoms with Crippen molar-refractivity contribution in [1.29, 1.82) is 0 Å². The molecule has 0 aliphatic heterocycles. The van der Waals surface area contributed by atoms with Crippen LogP contribution < -0.4 is 6.15 Å². The third-order valence-corrected chi connectivity index (χ3v) is 3.85. The number of unbranched alkanes of at least 4 members (excludes halogenated alkanes) is 15. The van der Waals surface area contributed by atoms with Crippen LogP contribution in [0.25, 0.3) is 0 Å². The maximum absolute atomic E-state index is 3.88. The van der Waals surface area contributed by atoms with Crippen molar-refractivity contribution in [3.8, 4) is 0 Å². The van der Waals surface area contributed by atoms with Gasteiger partial charge in [-0.05, 0) is 0 Å². The molecule has 2 heteroatoms. The first-order valence-electron chi connectivity index (χ1n) is 10.4. The fourth-order valence-corrected chi connectivity index (χ4v) is 2.55. The molecule has 0 bridgehead atoms. The van der Waals surface area contributed by atoms with E-state index in [0.29, 0.717) is 0 Å². The van der Waals surface area contributed by atoms with Crippen molar-refractivity contribution < 1.29 is 0 Å². The first-order valence-corrected chi connectivity index (χ1v) is 20.3. The average Bonchev–Trinajstić information content (AvgIpc) is 2.47. The van der Waals surface area contributed by atoms with Crippen LogP contribution in [-0.4, -0.2) is 19.8 Å². The van der Waals surface area contributed by atoms with Crippen molar-refractivity contribution in [3.05, 3.63) is 6.92 Å². The van der Waals surface area contributed by atoms with Gasteiger partial charge in [-0.1, -0.05) is 117 Å². The molecule has 0 unspecified atom stereocenters. The van der Waals surface area contributed by atoms with Crippen LogP contribution in [0.1, 0.15) is 110 Å². The van der Waals surface area contributed by atoms with E-state index in [1.807, 2.05) is 0 Å². The van der Waals surface area contributed by atoms with Gasteiger partial charge < -0.3 is 6.15 Å². The topological polar surface area (TPSA) is 35.0 Å². The molecule has 0 spiro atoms. The molecular weight excluding hydrogens is 385 g/mol. The fourth-order valence-electron chi connectivity index (χ4n) is 2.55. The van der Waals surface area contributed by atoms with Crippen LogP contribution in [0.15, 0.2) is 0 Å². The summed E-state index contributed by atoms with van der Waals surface area (Å²) in [6, 6.07) is 0. The molecule has 0 amide bonds. The molecule has 0 aromatic carbocycles. The van der Waals surface area contributed by atoms with Crippen molar-refractivity contribution in [2.45, 2.75) is 124 Å². The van der Waals surface area contributed by atoms with Gasteiger partial charge in [0.1, 0.15) is 0 Å². The predicted molar refractivity (Wildman–Crippen MR) is 115 cm³/mol. The van der Waals surface area contributed by atoms with E-state index in [9.17, 15) is 0 Å². The van der Waals surface area contributed by atoms with Gasteiger partial charge in [0, 0.05) is 0 Å². The van der Waals surface area contributed by atoms with Gasteiger partial charge in [0.2, 0.25) is 0 Å². The van der Waals surface area contributed by atoms with Crippen LogP contribution >= 0.6 is 0 Å². The Bertz CT molecular complexity index is 152. The van der Waals surface area contributed by atoms with Crippen LogP contribution in [0.5, 0.6) is 0 Å². The monoisotopic (exact) mass is 436 g/mol. The van der Waals surface area contributed by atoms with Crippen molar-refractivity contribution in [1.82, 2.24) is 6.15 Å². The molecule has 143 valence electrons. The molecule has 23 heavy (non-hydrogen) atoms. The zero-order valence-electron chi connectivity index (χ0n) is 17.3. The molecule has 0 aliphatic rings. The number of hydrogen-bond acceptors (Lipinski definition) is 1. The standard InChI is InChI=1S/C18H37.3CH3.H3N.Sn.H/c1-3-5-7-9-11-13-15-17-18-16-14-12-10-8-6-4-2;;;;;;/h1,3-18H2,2H3;4*1H3;;. The van der Waals surface area contributed by atoms with Gasteiger partial charge in [-0.25, -0.2) is 0 Å². The Morgan fingerprint density at radius 1 is 0.522 bits per heavy atom. The number of rotatable bonds is 15. The molecule has 0 aliphatic carbocycles. The fraction of sp³-hybridized carbons (Fsp3) is 0.952. The van der Waals surface area contributed by atoms with Crippen molar-refractivity contribution >= 4 is 19.8 Å². The van der Waals surface area contributed by atoms with Crippen LogP contribution in [0.3, 0.4) is 0 Å². The van der Waals surface area contributed by atoms with Gasteiger partial charge in [-0.3, -0.25) is 0 Å². The van der Waals surface area contributed by atoms with E-state index in [-0.39, 0.29) is 6.15 Å². The Labute approximate surface area is 157 Å². The van der Waals surface area contributed by atoms with E-state index < -0.39 is 19.8 Å². The molecule has 0 rings (SSSR count). The summed E-state index contributed by atoms with van der Waals surface area (Å²) in [6.45, 7) is 6.18. The van der Waals surface area contributed by atoms with Crippen LogP contribution in [0.2, 0.25) is 14.8 Å². The molecule has 0 heterocycles. The molecule has 3 N–H and O–H groups in total. The molecule has 0 atom stereocenters. The van der Waals surface area contributed by atoms with E-state index in [1.54, 1.807) is 0 Å². The first kappa shape index (κ1) is 28.6. The summed E-state index contributed by atoms with van der Waals surface area (Å²) >= 11 is -0.637. The molecule has 0 saturated heterocycles. The van der Waals surface area contributed by atoms with Crippen molar-refractivity contribution in [3.63, 3.8) is 0 Å². The first-order chi connectivity index (χ1) is 10.6. The molecule has 1 radical (unpaired) electrons. The second kappa shape index (κ2) is 27.6. The van der Waals surface area contributed by atoms with Gasteiger partial charge in [-0.2, -0.15) is 0 Å². The average molecular weight is 435 g/mol. The molecule has 0 saturated carbocycles. The van der Waals surface area contributed by atoms with Crippen LogP contribution in [0, 0.1) is 6.92 Å². The molecule has 0 fully saturated rings. The van der Waals surface area contributed by atoms with E-state index >= 15 is 0 Å². The predicted octanol–water partition coefficient (Wildman–Crippen LogP) is 8.35. The SMILES string of the molecule is N.[CH2]CCCCCCCCCCCCCCCCC.[CH3][SnH]([CH3])[CH3]. The van der Waals surface area contributed by atoms with Crippen molar-refractivity contribution in [2.75, 3.05) is 0 Å². The molecule has 0 aromatic rings. The van der Waals surface area contributed by atoms with E-state index in [0.717, 1.165) is 6.42 Å². The quantitative estimate of drug-likeness (QED) is 0.204. The van der Waals surface area contributed by atoms with Gasteiger partial charge in [-0.15, -0.1) is 0 Å². The summed E-state index contributed by atoms with van der Waals surface area (Å²) in [5.74, 6) is 0. The van der Waals surface area contributed by atoms with Crippen LogP contribution in [0.4, 0.5) is 0 Å². The Kier molecular flexibility index (Phi) is 34.3. The van der Waals surface area contributed by atoms with E-state index in [2.05, 4.69) is 28.7 Å². The third-order valence-electron chi connectivity index (χ3n) is 3.85. The normalized spacial score (nSPS) is 10.2. The minimum atomic E-state index is -0.637. The third kappa shape index (κ3) is 39.5. The Balaban J connectivity index is -0.000000712. The van der Waals surface area contributed by atoms with Gasteiger partial charge in [0.25, 0.3) is 0 Å². The zero-order valence-corrected chi connectivity index (χ0v) is 20.6. The zero-order chi connectivity index (χ0) is 16.9. The Morgan fingerprint density at radius 2 is 0.739 bits per heavy atom. The van der Waals surface area contributed by atoms with Crippen LogP contribution in [-0.2, 0) is 0 Å². The number of hydrogen-bond donors (Lipinski definition) is 1. The summed E-state index contributed by atoms with van der Waals surface area (Å²) in [7, 11) is 0. The summed E-state index contributed by atoms with van der Waals surface area (Å²) < 4.78 is 0. The van der Waals surface area contributed by atoms with Gasteiger partial charge >= 0.3 is 34.6 Å². The molecular formula is C21H50NSn. The second-order valence-electron chi connectivity index (χ2n) is 7.54. The second-order valence-corrected chi connectivity index (χ2v) is 17.4. The molecule has 0 aromatic heterocycles. The van der Waals surface area contributed by atoms with Crippen molar-refractivity contribution in [2.24, 2.45) is 0 Å². The summed E-state index contributed by atoms with van der Waals surface area (Å²) in [4.78, 5) is 7.13. The summed E-state index contributed by atoms with van der Waals surface area (Å²) in [5, 5.41) is 0. The Morgan fingerprint density at radius 3 is 0.957 bits per heavy atom. The van der Waals surface area contributed by atoms with E-state index in [4.69, 9.17) is 0 Å².